The predicted molar refractivity (Wildman–Crippen MR) is 88.8 cm³/mol. The van der Waals surface area contributed by atoms with E-state index in [0.717, 1.165) is 17.7 Å². The Morgan fingerprint density at radius 1 is 1.25 bits per heavy atom. The number of carboxylic acid groups (broad SMARTS) is 1. The Morgan fingerprint density at radius 3 is 2.62 bits per heavy atom. The molecule has 2 aromatic rings. The molecule has 1 aromatic carbocycles. The zero-order valence-electron chi connectivity index (χ0n) is 13.6. The highest BCUT2D eigenvalue weighted by Gasteiger charge is 2.32. The lowest BCUT2D eigenvalue weighted by molar-refractivity contribution is -0.146. The van der Waals surface area contributed by atoms with Crippen molar-refractivity contribution in [3.05, 3.63) is 48.3 Å². The molecule has 0 saturated carbocycles. The van der Waals surface area contributed by atoms with Gasteiger partial charge in [0, 0.05) is 25.0 Å². The summed E-state index contributed by atoms with van der Waals surface area (Å²) in [6, 6.07) is 9.63. The van der Waals surface area contributed by atoms with Crippen LogP contribution in [-0.2, 0) is 16.0 Å². The van der Waals surface area contributed by atoms with Gasteiger partial charge in [0.05, 0.1) is 18.0 Å². The molecular formula is C18H21N3O3. The monoisotopic (exact) mass is 327 g/mol. The van der Waals surface area contributed by atoms with E-state index in [1.54, 1.807) is 15.8 Å². The fraction of sp³-hybridized carbons (Fsp3) is 0.389. The predicted octanol–water partition coefficient (Wildman–Crippen LogP) is 2.13. The largest absolute Gasteiger partial charge is 0.481 e. The topological polar surface area (TPSA) is 75.4 Å². The van der Waals surface area contributed by atoms with Gasteiger partial charge in [-0.25, -0.2) is 4.68 Å². The van der Waals surface area contributed by atoms with Crippen molar-refractivity contribution in [2.24, 2.45) is 5.92 Å². The van der Waals surface area contributed by atoms with Gasteiger partial charge in [-0.2, -0.15) is 5.10 Å². The van der Waals surface area contributed by atoms with E-state index >= 15 is 0 Å². The Morgan fingerprint density at radius 2 is 2.00 bits per heavy atom. The van der Waals surface area contributed by atoms with Gasteiger partial charge in [-0.15, -0.1) is 0 Å². The van der Waals surface area contributed by atoms with E-state index in [1.807, 2.05) is 43.5 Å². The summed E-state index contributed by atoms with van der Waals surface area (Å²) in [5.41, 5.74) is 1.86. The molecule has 0 radical (unpaired) electrons. The van der Waals surface area contributed by atoms with Gasteiger partial charge in [-0.1, -0.05) is 12.1 Å². The summed E-state index contributed by atoms with van der Waals surface area (Å²) in [6.07, 6.45) is 5.24. The van der Waals surface area contributed by atoms with Crippen LogP contribution < -0.4 is 0 Å². The number of nitrogens with zero attached hydrogens (tertiary/aromatic N) is 3. The van der Waals surface area contributed by atoms with E-state index < -0.39 is 11.9 Å². The van der Waals surface area contributed by atoms with E-state index in [-0.39, 0.29) is 18.4 Å². The second-order valence-corrected chi connectivity index (χ2v) is 6.30. The normalized spacial score (nSPS) is 20.8. The maximum Gasteiger partial charge on any atom is 0.308 e. The number of carboxylic acids is 1. The molecule has 3 rings (SSSR count). The van der Waals surface area contributed by atoms with Gasteiger partial charge in [0.25, 0.3) is 0 Å². The van der Waals surface area contributed by atoms with Gasteiger partial charge in [0.15, 0.2) is 0 Å². The molecule has 2 unspecified atom stereocenters. The Labute approximate surface area is 140 Å². The maximum atomic E-state index is 12.6. The number of aromatic nitrogens is 2. The Kier molecular flexibility index (Phi) is 4.64. The van der Waals surface area contributed by atoms with Gasteiger partial charge < -0.3 is 10.0 Å². The lowest BCUT2D eigenvalue weighted by Crippen LogP contribution is -2.47. The second-order valence-electron chi connectivity index (χ2n) is 6.30. The van der Waals surface area contributed by atoms with Crippen LogP contribution in [-0.4, -0.2) is 44.3 Å². The molecule has 0 spiro atoms. The minimum Gasteiger partial charge on any atom is -0.481 e. The van der Waals surface area contributed by atoms with Gasteiger partial charge in [-0.3, -0.25) is 9.59 Å². The van der Waals surface area contributed by atoms with Crippen molar-refractivity contribution in [2.75, 3.05) is 6.54 Å². The van der Waals surface area contributed by atoms with Crippen molar-refractivity contribution < 1.29 is 14.7 Å². The summed E-state index contributed by atoms with van der Waals surface area (Å²) in [7, 11) is 0. The fourth-order valence-corrected chi connectivity index (χ4v) is 3.12. The zero-order chi connectivity index (χ0) is 17.1. The van der Waals surface area contributed by atoms with Crippen LogP contribution in [0.2, 0.25) is 0 Å². The summed E-state index contributed by atoms with van der Waals surface area (Å²) in [5, 5.41) is 13.4. The third kappa shape index (κ3) is 3.48. The van der Waals surface area contributed by atoms with Crippen LogP contribution in [0.3, 0.4) is 0 Å². The minimum atomic E-state index is -0.816. The average Bonchev–Trinajstić information content (AvgIpc) is 3.10. The first-order chi connectivity index (χ1) is 11.5. The van der Waals surface area contributed by atoms with Crippen LogP contribution in [0.25, 0.3) is 5.69 Å². The van der Waals surface area contributed by atoms with Crippen LogP contribution in [0.1, 0.15) is 25.3 Å². The molecule has 1 aliphatic rings. The Hall–Kier alpha value is -2.63. The van der Waals surface area contributed by atoms with Crippen molar-refractivity contribution >= 4 is 11.9 Å². The lowest BCUT2D eigenvalue weighted by Gasteiger charge is -2.36. The Bertz CT molecular complexity index is 710. The van der Waals surface area contributed by atoms with Crippen molar-refractivity contribution in [3.63, 3.8) is 0 Å². The molecule has 1 saturated heterocycles. The standard InChI is InChI=1S/C18H21N3O3/c1-13-3-6-15(18(23)24)12-20(13)17(22)11-14-4-7-16(8-5-14)21-10-2-9-19-21/h2,4-5,7-10,13,15H,3,6,11-12H2,1H3,(H,23,24). The molecule has 1 aromatic heterocycles. The number of hydrogen-bond donors (Lipinski definition) is 1. The number of carbonyl (C=O) groups excluding carboxylic acids is 1. The van der Waals surface area contributed by atoms with Crippen molar-refractivity contribution in [3.8, 4) is 5.69 Å². The number of hydrogen-bond acceptors (Lipinski definition) is 3. The SMILES string of the molecule is CC1CCC(C(=O)O)CN1C(=O)Cc1ccc(-n2cccn2)cc1. The van der Waals surface area contributed by atoms with E-state index in [2.05, 4.69) is 5.10 Å². The van der Waals surface area contributed by atoms with Crippen LogP contribution in [0.15, 0.2) is 42.7 Å². The first-order valence-electron chi connectivity index (χ1n) is 8.16. The fourth-order valence-electron chi connectivity index (χ4n) is 3.12. The van der Waals surface area contributed by atoms with Crippen LogP contribution in [0.4, 0.5) is 0 Å². The third-order valence-electron chi connectivity index (χ3n) is 4.61. The third-order valence-corrected chi connectivity index (χ3v) is 4.61. The number of benzene rings is 1. The number of carbonyl (C=O) groups is 2. The van der Waals surface area contributed by atoms with E-state index in [1.165, 1.54) is 0 Å². The van der Waals surface area contributed by atoms with Crippen molar-refractivity contribution in [1.82, 2.24) is 14.7 Å². The van der Waals surface area contributed by atoms with Crippen molar-refractivity contribution in [1.29, 1.82) is 0 Å². The second kappa shape index (κ2) is 6.86. The highest BCUT2D eigenvalue weighted by molar-refractivity contribution is 5.80. The van der Waals surface area contributed by atoms with Gasteiger partial charge in [-0.05, 0) is 43.5 Å². The lowest BCUT2D eigenvalue weighted by atomic mass is 9.93. The summed E-state index contributed by atoms with van der Waals surface area (Å²) < 4.78 is 1.76. The molecular weight excluding hydrogens is 306 g/mol. The molecule has 6 nitrogen and oxygen atoms in total. The molecule has 2 atom stereocenters. The summed E-state index contributed by atoms with van der Waals surface area (Å²) in [4.78, 5) is 25.5. The van der Waals surface area contributed by atoms with E-state index in [0.29, 0.717) is 13.0 Å². The molecule has 1 N–H and O–H groups in total. The number of amides is 1. The number of likely N-dealkylation sites (tertiary alicyclic amines) is 1. The van der Waals surface area contributed by atoms with E-state index in [9.17, 15) is 14.7 Å². The number of aliphatic carboxylic acids is 1. The van der Waals surface area contributed by atoms with Crippen LogP contribution in [0, 0.1) is 5.92 Å². The summed E-state index contributed by atoms with van der Waals surface area (Å²) in [5.74, 6) is -1.28. The van der Waals surface area contributed by atoms with E-state index in [4.69, 9.17) is 0 Å². The zero-order valence-corrected chi connectivity index (χ0v) is 13.6. The first kappa shape index (κ1) is 16.2. The van der Waals surface area contributed by atoms with Gasteiger partial charge in [0.1, 0.15) is 0 Å². The van der Waals surface area contributed by atoms with Crippen molar-refractivity contribution in [2.45, 2.75) is 32.2 Å². The summed E-state index contributed by atoms with van der Waals surface area (Å²) in [6.45, 7) is 2.29. The van der Waals surface area contributed by atoms with Crippen LogP contribution in [0.5, 0.6) is 0 Å². The molecule has 0 bridgehead atoms. The highest BCUT2D eigenvalue weighted by atomic mass is 16.4. The minimum absolute atomic E-state index is 0.0136. The molecule has 1 aliphatic heterocycles. The molecule has 6 heteroatoms. The van der Waals surface area contributed by atoms with Gasteiger partial charge in [0.2, 0.25) is 5.91 Å². The molecule has 2 heterocycles. The average molecular weight is 327 g/mol. The highest BCUT2D eigenvalue weighted by Crippen LogP contribution is 2.23. The summed E-state index contributed by atoms with van der Waals surface area (Å²) >= 11 is 0. The van der Waals surface area contributed by atoms with Crippen LogP contribution >= 0.6 is 0 Å². The maximum absolute atomic E-state index is 12.6. The molecule has 126 valence electrons. The molecule has 24 heavy (non-hydrogen) atoms. The van der Waals surface area contributed by atoms with Gasteiger partial charge >= 0.3 is 5.97 Å². The molecule has 1 amide bonds. The molecule has 1 fully saturated rings. The molecule has 0 aliphatic carbocycles. The smallest absolute Gasteiger partial charge is 0.308 e. The Balaban J connectivity index is 1.66. The quantitative estimate of drug-likeness (QED) is 0.933. The number of rotatable bonds is 4. The first-order valence-corrected chi connectivity index (χ1v) is 8.16. The number of piperidine rings is 1.